The number of anilines is 2. The summed E-state index contributed by atoms with van der Waals surface area (Å²) in [6.45, 7) is 4.07. The second kappa shape index (κ2) is 11.1. The summed E-state index contributed by atoms with van der Waals surface area (Å²) in [6, 6.07) is 6.47. The Balaban J connectivity index is 1.40. The molecule has 3 aromatic rings. The quantitative estimate of drug-likeness (QED) is 0.493. The van der Waals surface area contributed by atoms with Gasteiger partial charge in [-0.25, -0.2) is 17.1 Å². The molecular weight excluding hydrogens is 519 g/mol. The van der Waals surface area contributed by atoms with Gasteiger partial charge in [-0.15, -0.1) is 0 Å². The van der Waals surface area contributed by atoms with E-state index < -0.39 is 15.8 Å². The molecule has 5 rings (SSSR count). The number of hydrogen-bond donors (Lipinski definition) is 2. The monoisotopic (exact) mass is 554 g/mol. The standard InChI is InChI=1S/C28H35FN6O3S/c1-18-12-19(14-20(30)13-18)22-6-7-31-17-26(22)33-28(36)23-4-5-25(29)24-15-21(16-32-27(23)24)34-8-3-9-35(11-10-34)39(2,37)38/h4-7,15-20H,3,8-14,30H2,1-2H3,(H,33,36)/t18-,19+,20-/m0/s1. The lowest BCUT2D eigenvalue weighted by Gasteiger charge is -2.32. The maximum absolute atomic E-state index is 15.0. The molecule has 1 amide bonds. The fourth-order valence-electron chi connectivity index (χ4n) is 5.98. The topological polar surface area (TPSA) is 122 Å². The van der Waals surface area contributed by atoms with Crippen molar-refractivity contribution in [1.29, 1.82) is 0 Å². The highest BCUT2D eigenvalue weighted by atomic mass is 32.2. The third-order valence-electron chi connectivity index (χ3n) is 7.84. The molecule has 208 valence electrons. The van der Waals surface area contributed by atoms with Crippen molar-refractivity contribution < 1.29 is 17.6 Å². The van der Waals surface area contributed by atoms with Crippen LogP contribution < -0.4 is 16.0 Å². The Morgan fingerprint density at radius 2 is 1.92 bits per heavy atom. The molecule has 0 bridgehead atoms. The molecule has 1 saturated heterocycles. The SMILES string of the molecule is C[C@@H]1C[C@H](N)C[C@H](c2ccncc2NC(=O)c2ccc(F)c3cc(N4CCCN(S(C)(=O)=O)CC4)cnc23)C1. The number of halogens is 1. The average molecular weight is 555 g/mol. The lowest BCUT2D eigenvalue weighted by atomic mass is 9.76. The molecule has 39 heavy (non-hydrogen) atoms. The van der Waals surface area contributed by atoms with E-state index >= 15 is 0 Å². The average Bonchev–Trinajstić information content (AvgIpc) is 3.15. The van der Waals surface area contributed by atoms with Crippen molar-refractivity contribution >= 4 is 38.2 Å². The summed E-state index contributed by atoms with van der Waals surface area (Å²) in [6.07, 6.45) is 9.68. The number of benzene rings is 1. The fourth-order valence-corrected chi connectivity index (χ4v) is 6.86. The van der Waals surface area contributed by atoms with Gasteiger partial charge in [0.1, 0.15) is 5.82 Å². The van der Waals surface area contributed by atoms with Crippen molar-refractivity contribution in [3.05, 3.63) is 59.8 Å². The minimum atomic E-state index is -3.28. The molecule has 0 spiro atoms. The van der Waals surface area contributed by atoms with Crippen LogP contribution >= 0.6 is 0 Å². The summed E-state index contributed by atoms with van der Waals surface area (Å²) >= 11 is 0. The van der Waals surface area contributed by atoms with Crippen LogP contribution in [0.2, 0.25) is 0 Å². The highest BCUT2D eigenvalue weighted by Crippen LogP contribution is 2.38. The Kier molecular flexibility index (Phi) is 7.84. The molecule has 1 aromatic carbocycles. The lowest BCUT2D eigenvalue weighted by Crippen LogP contribution is -2.34. The number of amides is 1. The second-order valence-electron chi connectivity index (χ2n) is 10.9. The van der Waals surface area contributed by atoms with Gasteiger partial charge in [0.25, 0.3) is 5.91 Å². The Labute approximate surface area is 228 Å². The number of sulfonamides is 1. The zero-order valence-electron chi connectivity index (χ0n) is 22.3. The van der Waals surface area contributed by atoms with Gasteiger partial charge in [-0.3, -0.25) is 14.8 Å². The molecular formula is C28H35FN6O3S. The van der Waals surface area contributed by atoms with E-state index in [2.05, 4.69) is 22.2 Å². The van der Waals surface area contributed by atoms with Gasteiger partial charge in [-0.05, 0) is 67.3 Å². The Morgan fingerprint density at radius 3 is 2.69 bits per heavy atom. The van der Waals surface area contributed by atoms with Gasteiger partial charge in [-0.1, -0.05) is 6.92 Å². The van der Waals surface area contributed by atoms with Crippen LogP contribution in [0.15, 0.2) is 42.9 Å². The van der Waals surface area contributed by atoms with Crippen LogP contribution in [0.5, 0.6) is 0 Å². The van der Waals surface area contributed by atoms with Crippen LogP contribution in [0, 0.1) is 11.7 Å². The summed E-state index contributed by atoms with van der Waals surface area (Å²) in [7, 11) is -3.28. The highest BCUT2D eigenvalue weighted by molar-refractivity contribution is 7.88. The lowest BCUT2D eigenvalue weighted by molar-refractivity contribution is 0.102. The van der Waals surface area contributed by atoms with E-state index in [1.54, 1.807) is 24.7 Å². The number of aromatic nitrogens is 2. The molecule has 3 atom stereocenters. The minimum Gasteiger partial charge on any atom is -0.369 e. The summed E-state index contributed by atoms with van der Waals surface area (Å²) in [5.74, 6) is -0.148. The normalized spacial score (nSPS) is 23.0. The Hall–Kier alpha value is -3.15. The first-order valence-corrected chi connectivity index (χ1v) is 15.2. The third-order valence-corrected chi connectivity index (χ3v) is 9.14. The maximum Gasteiger partial charge on any atom is 0.257 e. The third kappa shape index (κ3) is 6.05. The first kappa shape index (κ1) is 27.4. The molecule has 1 aliphatic carbocycles. The number of carbonyl (C=O) groups is 1. The van der Waals surface area contributed by atoms with Crippen molar-refractivity contribution in [2.45, 2.75) is 44.6 Å². The van der Waals surface area contributed by atoms with Crippen LogP contribution in [-0.4, -0.2) is 67.1 Å². The number of nitrogens with zero attached hydrogens (tertiary/aromatic N) is 4. The molecule has 2 aliphatic rings. The number of hydrogen-bond acceptors (Lipinski definition) is 7. The van der Waals surface area contributed by atoms with E-state index in [-0.39, 0.29) is 34.3 Å². The van der Waals surface area contributed by atoms with Gasteiger partial charge in [0.15, 0.2) is 0 Å². The van der Waals surface area contributed by atoms with Gasteiger partial charge in [0, 0.05) is 43.8 Å². The Morgan fingerprint density at radius 1 is 1.10 bits per heavy atom. The van der Waals surface area contributed by atoms with E-state index in [1.807, 2.05) is 11.0 Å². The maximum atomic E-state index is 15.0. The van der Waals surface area contributed by atoms with Crippen LogP contribution in [0.3, 0.4) is 0 Å². The second-order valence-corrected chi connectivity index (χ2v) is 12.9. The number of nitrogens with one attached hydrogen (secondary N) is 1. The fraction of sp³-hybridized carbons (Fsp3) is 0.464. The molecule has 9 nitrogen and oxygen atoms in total. The van der Waals surface area contributed by atoms with Crippen molar-refractivity contribution in [3.8, 4) is 0 Å². The molecule has 2 fully saturated rings. The van der Waals surface area contributed by atoms with Crippen LogP contribution in [0.1, 0.15) is 54.4 Å². The van der Waals surface area contributed by atoms with Crippen molar-refractivity contribution in [1.82, 2.24) is 14.3 Å². The van der Waals surface area contributed by atoms with E-state index in [0.717, 1.165) is 24.8 Å². The predicted octanol–water partition coefficient (Wildman–Crippen LogP) is 3.72. The van der Waals surface area contributed by atoms with Gasteiger partial charge in [0.05, 0.1) is 41.1 Å². The minimum absolute atomic E-state index is 0.119. The number of rotatable bonds is 5. The molecule has 3 heterocycles. The van der Waals surface area contributed by atoms with Gasteiger partial charge in [-0.2, -0.15) is 0 Å². The largest absolute Gasteiger partial charge is 0.369 e. The molecule has 1 aliphatic heterocycles. The molecule has 2 aromatic heterocycles. The molecule has 0 radical (unpaired) electrons. The number of nitrogens with two attached hydrogens (primary N) is 1. The van der Waals surface area contributed by atoms with E-state index in [0.29, 0.717) is 49.9 Å². The van der Waals surface area contributed by atoms with E-state index in [1.165, 1.54) is 22.7 Å². The zero-order valence-corrected chi connectivity index (χ0v) is 23.1. The van der Waals surface area contributed by atoms with Crippen molar-refractivity contribution in [2.24, 2.45) is 11.7 Å². The summed E-state index contributed by atoms with van der Waals surface area (Å²) in [5.41, 5.74) is 9.14. The summed E-state index contributed by atoms with van der Waals surface area (Å²) < 4.78 is 40.4. The van der Waals surface area contributed by atoms with Crippen LogP contribution in [-0.2, 0) is 10.0 Å². The van der Waals surface area contributed by atoms with Gasteiger partial charge >= 0.3 is 0 Å². The van der Waals surface area contributed by atoms with Gasteiger partial charge in [0.2, 0.25) is 10.0 Å². The predicted molar refractivity (Wildman–Crippen MR) is 151 cm³/mol. The first-order valence-electron chi connectivity index (χ1n) is 13.4. The van der Waals surface area contributed by atoms with E-state index in [9.17, 15) is 17.6 Å². The molecule has 3 N–H and O–H groups in total. The van der Waals surface area contributed by atoms with Gasteiger partial charge < -0.3 is 16.0 Å². The smallest absolute Gasteiger partial charge is 0.257 e. The summed E-state index contributed by atoms with van der Waals surface area (Å²) in [4.78, 5) is 24.2. The number of fused-ring (bicyclic) bond motifs is 1. The molecule has 1 saturated carbocycles. The van der Waals surface area contributed by atoms with Crippen LogP contribution in [0.25, 0.3) is 10.9 Å². The van der Waals surface area contributed by atoms with Crippen molar-refractivity contribution in [2.75, 3.05) is 42.7 Å². The van der Waals surface area contributed by atoms with E-state index in [4.69, 9.17) is 5.73 Å². The number of carbonyl (C=O) groups excluding carboxylic acids is 1. The van der Waals surface area contributed by atoms with Crippen LogP contribution in [0.4, 0.5) is 15.8 Å². The summed E-state index contributed by atoms with van der Waals surface area (Å²) in [5, 5.41) is 3.23. The zero-order chi connectivity index (χ0) is 27.7. The molecule has 11 heteroatoms. The molecule has 0 unspecified atom stereocenters. The Bertz CT molecular complexity index is 1470. The first-order chi connectivity index (χ1) is 18.6. The number of pyridine rings is 2. The van der Waals surface area contributed by atoms with Crippen molar-refractivity contribution in [3.63, 3.8) is 0 Å². The highest BCUT2D eigenvalue weighted by Gasteiger charge is 2.28.